The summed E-state index contributed by atoms with van der Waals surface area (Å²) < 4.78 is 1.64. The summed E-state index contributed by atoms with van der Waals surface area (Å²) in [4.78, 5) is 55.4. The highest BCUT2D eigenvalue weighted by Gasteiger charge is 2.38. The summed E-state index contributed by atoms with van der Waals surface area (Å²) >= 11 is 0. The molecule has 41 heavy (non-hydrogen) atoms. The molecular weight excluding hydrogens is 526 g/mol. The number of benzene rings is 2. The second-order valence-corrected chi connectivity index (χ2v) is 10.4. The van der Waals surface area contributed by atoms with Crippen LogP contribution in [0.15, 0.2) is 60.8 Å². The lowest BCUT2D eigenvalue weighted by atomic mass is 10.0. The lowest BCUT2D eigenvalue weighted by molar-refractivity contribution is -0.146. The topological polar surface area (TPSA) is 150 Å². The molecule has 0 aliphatic carbocycles. The fraction of sp³-hybridized carbons (Fsp3) is 0.379. The number of hydrogen-bond donors (Lipinski definition) is 3. The van der Waals surface area contributed by atoms with Gasteiger partial charge in [-0.1, -0.05) is 47.7 Å². The second-order valence-electron chi connectivity index (χ2n) is 10.4. The van der Waals surface area contributed by atoms with Crippen LogP contribution in [0, 0.1) is 0 Å². The standard InChI is InChI=1S/C29H33N7O5/c37-26-7-4-12-35-18-23(32-33-35)16-30-27(38)25-19-34(17-21-8-10-22(11-9-21)29(40)41)13-14-36(25)28(39)24(31-26)15-20-5-2-1-3-6-20/h1-3,5-6,8-11,18,24-25H,4,7,12-17,19H2,(H,30,38)(H,31,37)(H,40,41)/t24-,25+/m0/s1. The van der Waals surface area contributed by atoms with E-state index in [1.807, 2.05) is 30.3 Å². The molecule has 2 aliphatic rings. The van der Waals surface area contributed by atoms with Gasteiger partial charge in [0.1, 0.15) is 17.8 Å². The molecule has 12 nitrogen and oxygen atoms in total. The summed E-state index contributed by atoms with van der Waals surface area (Å²) in [5, 5.41) is 23.2. The minimum atomic E-state index is -0.993. The highest BCUT2D eigenvalue weighted by molar-refractivity contribution is 5.92. The van der Waals surface area contributed by atoms with Crippen LogP contribution in [-0.2, 0) is 40.4 Å². The first kappa shape index (κ1) is 28.0. The molecule has 3 aromatic rings. The summed E-state index contributed by atoms with van der Waals surface area (Å²) in [6, 6.07) is 14.5. The minimum Gasteiger partial charge on any atom is -0.478 e. The summed E-state index contributed by atoms with van der Waals surface area (Å²) in [6.45, 7) is 2.22. The Morgan fingerprint density at radius 3 is 2.51 bits per heavy atom. The number of aryl methyl sites for hydroxylation is 1. The van der Waals surface area contributed by atoms with Crippen LogP contribution in [-0.4, -0.2) is 85.3 Å². The predicted molar refractivity (Wildman–Crippen MR) is 147 cm³/mol. The van der Waals surface area contributed by atoms with Crippen molar-refractivity contribution in [2.75, 3.05) is 19.6 Å². The molecule has 3 heterocycles. The minimum absolute atomic E-state index is 0.165. The number of nitrogens with zero attached hydrogens (tertiary/aromatic N) is 5. The number of carbonyl (C=O) groups excluding carboxylic acids is 3. The molecule has 3 amide bonds. The van der Waals surface area contributed by atoms with Gasteiger partial charge < -0.3 is 20.6 Å². The number of piperazine rings is 1. The van der Waals surface area contributed by atoms with Crippen molar-refractivity contribution in [3.8, 4) is 0 Å². The van der Waals surface area contributed by atoms with E-state index in [9.17, 15) is 24.3 Å². The van der Waals surface area contributed by atoms with Crippen LogP contribution in [0.1, 0.15) is 40.0 Å². The number of amides is 3. The lowest BCUT2D eigenvalue weighted by Crippen LogP contribution is -2.63. The third kappa shape index (κ3) is 7.14. The number of carbonyl (C=O) groups is 4. The van der Waals surface area contributed by atoms with Gasteiger partial charge in [-0.2, -0.15) is 0 Å². The fourth-order valence-electron chi connectivity index (χ4n) is 5.22. The predicted octanol–water partition coefficient (Wildman–Crippen LogP) is 0.827. The molecule has 2 atom stereocenters. The molecule has 0 spiro atoms. The zero-order valence-electron chi connectivity index (χ0n) is 22.6. The van der Waals surface area contributed by atoms with Gasteiger partial charge >= 0.3 is 5.97 Å². The van der Waals surface area contributed by atoms with Crippen molar-refractivity contribution in [2.24, 2.45) is 0 Å². The average Bonchev–Trinajstić information content (AvgIpc) is 3.43. The maximum absolute atomic E-state index is 14.0. The molecule has 0 unspecified atom stereocenters. The summed E-state index contributed by atoms with van der Waals surface area (Å²) in [5.41, 5.74) is 2.60. The van der Waals surface area contributed by atoms with Crippen molar-refractivity contribution in [1.82, 2.24) is 35.4 Å². The van der Waals surface area contributed by atoms with Crippen molar-refractivity contribution in [3.05, 3.63) is 83.2 Å². The van der Waals surface area contributed by atoms with Crippen molar-refractivity contribution < 1.29 is 24.3 Å². The first-order valence-corrected chi connectivity index (χ1v) is 13.7. The number of aromatic carboxylic acids is 1. The van der Waals surface area contributed by atoms with Crippen LogP contribution < -0.4 is 10.6 Å². The molecular formula is C29H33N7O5. The zero-order chi connectivity index (χ0) is 28.8. The molecule has 214 valence electrons. The van der Waals surface area contributed by atoms with Gasteiger partial charge in [-0.3, -0.25) is 24.0 Å². The molecule has 0 radical (unpaired) electrons. The molecule has 1 saturated heterocycles. The fourth-order valence-corrected chi connectivity index (χ4v) is 5.22. The van der Waals surface area contributed by atoms with E-state index in [4.69, 9.17) is 0 Å². The molecule has 0 saturated carbocycles. The van der Waals surface area contributed by atoms with Gasteiger partial charge in [0, 0.05) is 45.6 Å². The van der Waals surface area contributed by atoms with Crippen molar-refractivity contribution in [3.63, 3.8) is 0 Å². The third-order valence-electron chi connectivity index (χ3n) is 7.39. The Morgan fingerprint density at radius 2 is 1.76 bits per heavy atom. The Bertz CT molecular complexity index is 1390. The van der Waals surface area contributed by atoms with Crippen LogP contribution in [0.4, 0.5) is 0 Å². The van der Waals surface area contributed by atoms with Gasteiger partial charge in [0.05, 0.1) is 18.3 Å². The molecule has 1 fully saturated rings. The summed E-state index contributed by atoms with van der Waals surface area (Å²) in [6.07, 6.45) is 2.81. The number of carboxylic acids is 1. The number of nitrogens with one attached hydrogen (secondary N) is 2. The van der Waals surface area contributed by atoms with E-state index in [2.05, 4.69) is 25.8 Å². The highest BCUT2D eigenvalue weighted by Crippen LogP contribution is 2.18. The number of fused-ring (bicyclic) bond motifs is 3. The summed E-state index contributed by atoms with van der Waals surface area (Å²) in [5.74, 6) is -1.85. The van der Waals surface area contributed by atoms with E-state index >= 15 is 0 Å². The van der Waals surface area contributed by atoms with E-state index in [0.29, 0.717) is 44.7 Å². The highest BCUT2D eigenvalue weighted by atomic mass is 16.4. The summed E-state index contributed by atoms with van der Waals surface area (Å²) in [7, 11) is 0. The largest absolute Gasteiger partial charge is 0.478 e. The van der Waals surface area contributed by atoms with Gasteiger partial charge in [-0.05, 0) is 29.7 Å². The van der Waals surface area contributed by atoms with E-state index in [-0.39, 0.29) is 42.8 Å². The smallest absolute Gasteiger partial charge is 0.335 e. The second kappa shape index (κ2) is 12.7. The van der Waals surface area contributed by atoms with Gasteiger partial charge in [-0.25, -0.2) is 4.79 Å². The molecule has 2 bridgehead atoms. The van der Waals surface area contributed by atoms with Gasteiger partial charge in [0.25, 0.3) is 0 Å². The molecule has 12 heteroatoms. The van der Waals surface area contributed by atoms with Crippen molar-refractivity contribution in [1.29, 1.82) is 0 Å². The van der Waals surface area contributed by atoms with E-state index in [1.165, 1.54) is 0 Å². The van der Waals surface area contributed by atoms with Crippen LogP contribution in [0.3, 0.4) is 0 Å². The quantitative estimate of drug-likeness (QED) is 0.416. The Labute approximate surface area is 237 Å². The Kier molecular flexibility index (Phi) is 8.68. The maximum Gasteiger partial charge on any atom is 0.335 e. The first-order chi connectivity index (χ1) is 19.9. The lowest BCUT2D eigenvalue weighted by Gasteiger charge is -2.42. The van der Waals surface area contributed by atoms with Crippen LogP contribution in [0.2, 0.25) is 0 Å². The molecule has 3 N–H and O–H groups in total. The van der Waals surface area contributed by atoms with E-state index in [1.54, 1.807) is 40.0 Å². The van der Waals surface area contributed by atoms with Crippen molar-refractivity contribution in [2.45, 2.75) is 51.0 Å². The monoisotopic (exact) mass is 559 g/mol. The van der Waals surface area contributed by atoms with Crippen LogP contribution in [0.25, 0.3) is 0 Å². The van der Waals surface area contributed by atoms with Crippen LogP contribution in [0.5, 0.6) is 0 Å². The Hall–Kier alpha value is -4.58. The number of carboxylic acid groups (broad SMARTS) is 1. The van der Waals surface area contributed by atoms with E-state index < -0.39 is 18.1 Å². The molecule has 2 aromatic carbocycles. The van der Waals surface area contributed by atoms with Gasteiger partial charge in [0.15, 0.2) is 0 Å². The van der Waals surface area contributed by atoms with Crippen LogP contribution >= 0.6 is 0 Å². The SMILES string of the molecule is O=C1CCCn2cc(nn2)CNC(=O)[C@H]2CN(Cc3ccc(C(=O)O)cc3)CCN2C(=O)[C@H](Cc2ccccc2)N1. The zero-order valence-corrected chi connectivity index (χ0v) is 22.6. The normalized spacial score (nSPS) is 20.8. The number of rotatable bonds is 5. The maximum atomic E-state index is 14.0. The Balaban J connectivity index is 1.39. The molecule has 1 aromatic heterocycles. The molecule has 2 aliphatic heterocycles. The molecule has 5 rings (SSSR count). The third-order valence-corrected chi connectivity index (χ3v) is 7.39. The number of hydrogen-bond acceptors (Lipinski definition) is 7. The Morgan fingerprint density at radius 1 is 0.976 bits per heavy atom. The van der Waals surface area contributed by atoms with E-state index in [0.717, 1.165) is 11.1 Å². The first-order valence-electron chi connectivity index (χ1n) is 13.7. The van der Waals surface area contributed by atoms with Gasteiger partial charge in [-0.15, -0.1) is 5.10 Å². The average molecular weight is 560 g/mol. The van der Waals surface area contributed by atoms with Crippen molar-refractivity contribution >= 4 is 23.7 Å². The van der Waals surface area contributed by atoms with Gasteiger partial charge in [0.2, 0.25) is 17.7 Å². The number of aromatic nitrogens is 3.